The minimum Gasteiger partial charge on any atom is -0.469 e. The molecule has 0 aromatic heterocycles. The minimum atomic E-state index is -0.0395. The summed E-state index contributed by atoms with van der Waals surface area (Å²) in [7, 11) is 1.49. The molecular weight excluding hydrogens is 284 g/mol. The Balaban J connectivity index is 1.19. The molecule has 3 fully saturated rings. The van der Waals surface area contributed by atoms with E-state index < -0.39 is 0 Å². The number of ether oxygens (including phenoxy) is 1. The molecule has 2 nitrogen and oxygen atoms in total. The van der Waals surface area contributed by atoms with E-state index in [9.17, 15) is 4.79 Å². The van der Waals surface area contributed by atoms with Crippen molar-refractivity contribution in [2.24, 2.45) is 35.5 Å². The van der Waals surface area contributed by atoms with Crippen LogP contribution >= 0.6 is 0 Å². The minimum absolute atomic E-state index is 0.0395. The zero-order valence-electron chi connectivity index (χ0n) is 15.3. The van der Waals surface area contributed by atoms with E-state index in [1.165, 1.54) is 58.5 Å². The summed E-state index contributed by atoms with van der Waals surface area (Å²) in [6.45, 7) is 2.31. The zero-order valence-corrected chi connectivity index (χ0v) is 15.3. The third-order valence-electron chi connectivity index (χ3n) is 6.78. The summed E-state index contributed by atoms with van der Waals surface area (Å²) in [5.41, 5.74) is 0. The van der Waals surface area contributed by atoms with Crippen molar-refractivity contribution in [1.82, 2.24) is 0 Å². The van der Waals surface area contributed by atoms with Gasteiger partial charge in [0.25, 0.3) is 0 Å². The van der Waals surface area contributed by atoms with E-state index in [0.717, 1.165) is 41.9 Å². The molecule has 0 aromatic carbocycles. The van der Waals surface area contributed by atoms with E-state index in [-0.39, 0.29) is 5.97 Å². The molecule has 3 aliphatic rings. The number of hydrogen-bond acceptors (Lipinski definition) is 2. The van der Waals surface area contributed by atoms with E-state index in [4.69, 9.17) is 4.74 Å². The molecule has 0 aliphatic heterocycles. The van der Waals surface area contributed by atoms with Crippen molar-refractivity contribution in [2.45, 2.75) is 84.0 Å². The average molecular weight is 321 g/mol. The lowest BCUT2D eigenvalue weighted by molar-refractivity contribution is -0.140. The molecule has 0 spiro atoms. The number of rotatable bonds is 12. The molecule has 3 saturated carbocycles. The Morgan fingerprint density at radius 1 is 0.826 bits per heavy atom. The van der Waals surface area contributed by atoms with Crippen LogP contribution in [0.15, 0.2) is 0 Å². The lowest BCUT2D eigenvalue weighted by atomic mass is 10.0. The van der Waals surface area contributed by atoms with Gasteiger partial charge in [0.05, 0.1) is 7.11 Å². The third-order valence-corrected chi connectivity index (χ3v) is 6.78. The monoisotopic (exact) mass is 320 g/mol. The molecule has 0 aromatic rings. The van der Waals surface area contributed by atoms with E-state index in [1.807, 2.05) is 0 Å². The number of hydrogen-bond donors (Lipinski definition) is 0. The second kappa shape index (κ2) is 8.03. The van der Waals surface area contributed by atoms with Crippen molar-refractivity contribution in [3.63, 3.8) is 0 Å². The van der Waals surface area contributed by atoms with E-state index in [0.29, 0.717) is 6.42 Å². The first-order valence-electron chi connectivity index (χ1n) is 10.3. The largest absolute Gasteiger partial charge is 0.469 e. The summed E-state index contributed by atoms with van der Waals surface area (Å²) in [4.78, 5) is 11.1. The molecule has 3 rings (SSSR count). The van der Waals surface area contributed by atoms with Gasteiger partial charge in [-0.05, 0) is 80.5 Å². The maximum Gasteiger partial charge on any atom is 0.305 e. The van der Waals surface area contributed by atoms with Gasteiger partial charge in [-0.2, -0.15) is 0 Å². The number of carbonyl (C=O) groups excluding carboxylic acids is 1. The second-order valence-electron chi connectivity index (χ2n) is 8.70. The molecule has 6 atom stereocenters. The quantitative estimate of drug-likeness (QED) is 0.346. The number of methoxy groups -OCH3 is 1. The SMILES string of the molecule is CCCCCC1CC1CC1CC1CC1CC1CCCC(=O)OC. The topological polar surface area (TPSA) is 26.3 Å². The molecule has 0 saturated heterocycles. The van der Waals surface area contributed by atoms with Gasteiger partial charge < -0.3 is 4.74 Å². The predicted octanol–water partition coefficient (Wildman–Crippen LogP) is 5.60. The Morgan fingerprint density at radius 3 is 1.91 bits per heavy atom. The molecule has 0 amide bonds. The molecule has 0 N–H and O–H groups in total. The molecule has 6 unspecified atom stereocenters. The van der Waals surface area contributed by atoms with Crippen molar-refractivity contribution in [2.75, 3.05) is 7.11 Å². The van der Waals surface area contributed by atoms with Crippen LogP contribution in [-0.2, 0) is 9.53 Å². The first kappa shape index (κ1) is 17.3. The van der Waals surface area contributed by atoms with Gasteiger partial charge in [-0.1, -0.05) is 32.6 Å². The highest BCUT2D eigenvalue weighted by Gasteiger charge is 2.48. The molecule has 0 radical (unpaired) electrons. The molecule has 132 valence electrons. The predicted molar refractivity (Wildman–Crippen MR) is 94.0 cm³/mol. The number of carbonyl (C=O) groups is 1. The highest BCUT2D eigenvalue weighted by Crippen LogP contribution is 2.58. The van der Waals surface area contributed by atoms with E-state index >= 15 is 0 Å². The van der Waals surface area contributed by atoms with Crippen LogP contribution in [0.25, 0.3) is 0 Å². The average Bonchev–Trinajstić information content (AvgIpc) is 3.44. The van der Waals surface area contributed by atoms with Crippen molar-refractivity contribution in [3.05, 3.63) is 0 Å². The van der Waals surface area contributed by atoms with Crippen LogP contribution in [0.5, 0.6) is 0 Å². The zero-order chi connectivity index (χ0) is 16.2. The first-order valence-corrected chi connectivity index (χ1v) is 10.3. The maximum absolute atomic E-state index is 11.1. The second-order valence-corrected chi connectivity index (χ2v) is 8.70. The normalized spacial score (nSPS) is 37.5. The smallest absolute Gasteiger partial charge is 0.305 e. The summed E-state index contributed by atoms with van der Waals surface area (Å²) in [5, 5.41) is 0. The van der Waals surface area contributed by atoms with Crippen molar-refractivity contribution in [3.8, 4) is 0 Å². The van der Waals surface area contributed by atoms with Gasteiger partial charge in [0.15, 0.2) is 0 Å². The van der Waals surface area contributed by atoms with Gasteiger partial charge in [-0.25, -0.2) is 0 Å². The van der Waals surface area contributed by atoms with Crippen LogP contribution in [0.2, 0.25) is 0 Å². The molecular formula is C21H36O2. The van der Waals surface area contributed by atoms with Gasteiger partial charge in [-0.3, -0.25) is 4.79 Å². The lowest BCUT2D eigenvalue weighted by Gasteiger charge is -2.02. The highest BCUT2D eigenvalue weighted by molar-refractivity contribution is 5.68. The van der Waals surface area contributed by atoms with Crippen LogP contribution in [0.1, 0.15) is 84.0 Å². The Hall–Kier alpha value is -0.530. The Bertz CT molecular complexity index is 391. The molecule has 3 aliphatic carbocycles. The van der Waals surface area contributed by atoms with Gasteiger partial charge in [-0.15, -0.1) is 0 Å². The Morgan fingerprint density at radius 2 is 1.35 bits per heavy atom. The van der Waals surface area contributed by atoms with Crippen LogP contribution in [0.4, 0.5) is 0 Å². The fraction of sp³-hybridized carbons (Fsp3) is 0.952. The molecule has 23 heavy (non-hydrogen) atoms. The summed E-state index contributed by atoms with van der Waals surface area (Å²) in [6, 6.07) is 0. The molecule has 0 heterocycles. The molecule has 2 heteroatoms. The number of unbranched alkanes of at least 4 members (excludes halogenated alkanes) is 2. The summed E-state index contributed by atoms with van der Waals surface area (Å²) >= 11 is 0. The van der Waals surface area contributed by atoms with Gasteiger partial charge in [0.2, 0.25) is 0 Å². The van der Waals surface area contributed by atoms with Gasteiger partial charge >= 0.3 is 5.97 Å². The van der Waals surface area contributed by atoms with Crippen molar-refractivity contribution >= 4 is 5.97 Å². The highest BCUT2D eigenvalue weighted by atomic mass is 16.5. The molecule has 0 bridgehead atoms. The first-order chi connectivity index (χ1) is 11.2. The fourth-order valence-electron chi connectivity index (χ4n) is 4.84. The van der Waals surface area contributed by atoms with Crippen LogP contribution < -0.4 is 0 Å². The summed E-state index contributed by atoms with van der Waals surface area (Å²) < 4.78 is 4.71. The Kier molecular flexibility index (Phi) is 6.04. The van der Waals surface area contributed by atoms with E-state index in [1.54, 1.807) is 12.8 Å². The summed E-state index contributed by atoms with van der Waals surface area (Å²) in [6.07, 6.45) is 16.3. The third kappa shape index (κ3) is 5.50. The van der Waals surface area contributed by atoms with E-state index in [2.05, 4.69) is 6.92 Å². The van der Waals surface area contributed by atoms with Crippen LogP contribution in [0, 0.1) is 35.5 Å². The summed E-state index contributed by atoms with van der Waals surface area (Å²) in [5.74, 6) is 6.27. The maximum atomic E-state index is 11.1. The van der Waals surface area contributed by atoms with Gasteiger partial charge in [0.1, 0.15) is 0 Å². The number of esters is 1. The van der Waals surface area contributed by atoms with Crippen molar-refractivity contribution in [1.29, 1.82) is 0 Å². The van der Waals surface area contributed by atoms with Crippen LogP contribution in [0.3, 0.4) is 0 Å². The fourth-order valence-corrected chi connectivity index (χ4v) is 4.84. The lowest BCUT2D eigenvalue weighted by Crippen LogP contribution is -1.99. The van der Waals surface area contributed by atoms with Crippen LogP contribution in [-0.4, -0.2) is 13.1 Å². The standard InChI is InChI=1S/C21H36O2/c1-3-4-5-7-15-10-17(15)12-19-14-20(19)13-18-11-16(18)8-6-9-21(22)23-2/h15-20H,3-14H2,1-2H3. The van der Waals surface area contributed by atoms with Gasteiger partial charge in [0, 0.05) is 6.42 Å². The van der Waals surface area contributed by atoms with Crippen molar-refractivity contribution < 1.29 is 9.53 Å². The Labute approximate surface area is 142 Å².